The molecule has 1 aromatic carbocycles. The number of hydrogen-bond donors (Lipinski definition) is 2. The number of amides is 2. The number of ether oxygens (including phenoxy) is 2. The van der Waals surface area contributed by atoms with E-state index < -0.39 is 18.0 Å². The fourth-order valence-corrected chi connectivity index (χ4v) is 2.75. The Balaban J connectivity index is 1.88. The third-order valence-electron chi connectivity index (χ3n) is 4.05. The zero-order valence-electron chi connectivity index (χ0n) is 14.9. The molecule has 0 unspecified atom stereocenters. The van der Waals surface area contributed by atoms with Gasteiger partial charge < -0.3 is 24.5 Å². The molecule has 0 saturated heterocycles. The second-order valence-corrected chi connectivity index (χ2v) is 5.91. The van der Waals surface area contributed by atoms with Crippen LogP contribution in [0.1, 0.15) is 18.7 Å². The lowest BCUT2D eigenvalue weighted by molar-refractivity contribution is -0.140. The minimum atomic E-state index is -0.803. The summed E-state index contributed by atoms with van der Waals surface area (Å²) in [6, 6.07) is 7.91. The average Bonchev–Trinajstić information content (AvgIpc) is 3.11. The Morgan fingerprint density at radius 3 is 2.63 bits per heavy atom. The monoisotopic (exact) mass is 374 g/mol. The predicted molar refractivity (Wildman–Crippen MR) is 94.0 cm³/mol. The van der Waals surface area contributed by atoms with Gasteiger partial charge in [0.05, 0.1) is 12.2 Å². The van der Waals surface area contributed by atoms with Gasteiger partial charge in [-0.2, -0.15) is 0 Å². The van der Waals surface area contributed by atoms with E-state index in [4.69, 9.17) is 13.9 Å². The molecule has 0 fully saturated rings. The minimum absolute atomic E-state index is 0.0891. The van der Waals surface area contributed by atoms with Crippen LogP contribution in [0.15, 0.2) is 52.1 Å². The standard InChI is InChI=1S/C19H19FN2O5/c1-11-16(18(23)26-10-9-25-2)17(22-19(24)21-11)15-8-7-14(27-15)12-3-5-13(20)6-4-12/h3-8,17H,9-10H2,1-2H3,(H2,21,22,24)/t17-/m1/s1. The number of benzene rings is 1. The van der Waals surface area contributed by atoms with Crippen LogP contribution in [-0.4, -0.2) is 32.3 Å². The van der Waals surface area contributed by atoms with Crippen molar-refractivity contribution in [2.24, 2.45) is 0 Å². The van der Waals surface area contributed by atoms with Crippen LogP contribution < -0.4 is 10.6 Å². The second kappa shape index (κ2) is 8.05. The molecule has 1 atom stereocenters. The van der Waals surface area contributed by atoms with Crippen molar-refractivity contribution in [1.82, 2.24) is 10.6 Å². The molecule has 0 radical (unpaired) electrons. The zero-order valence-corrected chi connectivity index (χ0v) is 14.9. The fraction of sp³-hybridized carbons (Fsp3) is 0.263. The molecule has 3 rings (SSSR count). The molecular weight excluding hydrogens is 355 g/mol. The highest BCUT2D eigenvalue weighted by Crippen LogP contribution is 2.32. The molecule has 1 aliphatic heterocycles. The van der Waals surface area contributed by atoms with Crippen molar-refractivity contribution in [3.05, 3.63) is 59.2 Å². The average molecular weight is 374 g/mol. The maximum Gasteiger partial charge on any atom is 0.338 e. The SMILES string of the molecule is COCCOC(=O)C1=C(C)NC(=O)N[C@@H]1c1ccc(-c2ccc(F)cc2)o1. The topological polar surface area (TPSA) is 89.8 Å². The van der Waals surface area contributed by atoms with Crippen molar-refractivity contribution in [3.8, 4) is 11.3 Å². The number of allylic oxidation sites excluding steroid dienone is 1. The van der Waals surface area contributed by atoms with E-state index in [-0.39, 0.29) is 24.6 Å². The predicted octanol–water partition coefficient (Wildman–Crippen LogP) is 2.90. The van der Waals surface area contributed by atoms with Gasteiger partial charge in [0, 0.05) is 18.4 Å². The molecule has 142 valence electrons. The van der Waals surface area contributed by atoms with Crippen molar-refractivity contribution >= 4 is 12.0 Å². The number of halogens is 1. The van der Waals surface area contributed by atoms with Gasteiger partial charge in [-0.3, -0.25) is 0 Å². The van der Waals surface area contributed by atoms with Gasteiger partial charge in [-0.15, -0.1) is 0 Å². The smallest absolute Gasteiger partial charge is 0.338 e. The van der Waals surface area contributed by atoms with Crippen LogP contribution >= 0.6 is 0 Å². The van der Waals surface area contributed by atoms with Gasteiger partial charge in [0.25, 0.3) is 0 Å². The van der Waals surface area contributed by atoms with Crippen molar-refractivity contribution in [2.75, 3.05) is 20.3 Å². The first-order valence-corrected chi connectivity index (χ1v) is 8.29. The first-order valence-electron chi connectivity index (χ1n) is 8.29. The fourth-order valence-electron chi connectivity index (χ4n) is 2.75. The maximum absolute atomic E-state index is 13.1. The molecule has 2 amide bonds. The number of carbonyl (C=O) groups is 2. The number of rotatable bonds is 6. The lowest BCUT2D eigenvalue weighted by atomic mass is 10.0. The molecule has 7 nitrogen and oxygen atoms in total. The Kier molecular flexibility index (Phi) is 5.56. The third-order valence-corrected chi connectivity index (χ3v) is 4.05. The molecule has 1 aromatic heterocycles. The molecule has 0 saturated carbocycles. The summed E-state index contributed by atoms with van der Waals surface area (Å²) in [5.74, 6) is -0.0812. The Hall–Kier alpha value is -3.13. The Morgan fingerprint density at radius 2 is 1.93 bits per heavy atom. The highest BCUT2D eigenvalue weighted by Gasteiger charge is 2.34. The highest BCUT2D eigenvalue weighted by molar-refractivity contribution is 5.94. The molecule has 27 heavy (non-hydrogen) atoms. The van der Waals surface area contributed by atoms with Gasteiger partial charge in [-0.25, -0.2) is 14.0 Å². The normalized spacial score (nSPS) is 16.7. The van der Waals surface area contributed by atoms with E-state index in [9.17, 15) is 14.0 Å². The van der Waals surface area contributed by atoms with Gasteiger partial charge in [0.1, 0.15) is 30.0 Å². The minimum Gasteiger partial charge on any atom is -0.460 e. The first-order chi connectivity index (χ1) is 13.0. The quantitative estimate of drug-likeness (QED) is 0.599. The van der Waals surface area contributed by atoms with Gasteiger partial charge in [0.2, 0.25) is 0 Å². The van der Waals surface area contributed by atoms with E-state index in [2.05, 4.69) is 10.6 Å². The summed E-state index contributed by atoms with van der Waals surface area (Å²) in [5, 5.41) is 5.22. The van der Waals surface area contributed by atoms with Crippen LogP contribution in [-0.2, 0) is 14.3 Å². The lowest BCUT2D eigenvalue weighted by Crippen LogP contribution is -2.45. The first kappa shape index (κ1) is 18.7. The van der Waals surface area contributed by atoms with Crippen molar-refractivity contribution in [1.29, 1.82) is 0 Å². The van der Waals surface area contributed by atoms with Crippen molar-refractivity contribution in [2.45, 2.75) is 13.0 Å². The molecule has 8 heteroatoms. The lowest BCUT2D eigenvalue weighted by Gasteiger charge is -2.26. The van der Waals surface area contributed by atoms with Crippen molar-refractivity contribution in [3.63, 3.8) is 0 Å². The Morgan fingerprint density at radius 1 is 1.19 bits per heavy atom. The van der Waals surface area contributed by atoms with Gasteiger partial charge in [-0.1, -0.05) is 0 Å². The molecule has 0 bridgehead atoms. The molecule has 0 aliphatic carbocycles. The molecule has 2 aromatic rings. The summed E-state index contributed by atoms with van der Waals surface area (Å²) < 4.78 is 29.0. The second-order valence-electron chi connectivity index (χ2n) is 5.91. The number of methoxy groups -OCH3 is 1. The zero-order chi connectivity index (χ0) is 19.4. The van der Waals surface area contributed by atoms with Crippen LogP contribution in [0.3, 0.4) is 0 Å². The molecular formula is C19H19FN2O5. The summed E-state index contributed by atoms with van der Waals surface area (Å²) in [4.78, 5) is 24.4. The third kappa shape index (κ3) is 4.17. The van der Waals surface area contributed by atoms with Gasteiger partial charge >= 0.3 is 12.0 Å². The Labute approximate surface area is 155 Å². The summed E-state index contributed by atoms with van der Waals surface area (Å²) in [5.41, 5.74) is 1.30. The number of furan rings is 1. The van der Waals surface area contributed by atoms with E-state index in [0.717, 1.165) is 0 Å². The molecule has 1 aliphatic rings. The summed E-state index contributed by atoms with van der Waals surface area (Å²) in [6.07, 6.45) is 0. The van der Waals surface area contributed by atoms with Gasteiger partial charge in [0.15, 0.2) is 0 Å². The summed E-state index contributed by atoms with van der Waals surface area (Å²) in [6.45, 7) is 1.96. The molecule has 2 N–H and O–H groups in total. The van der Waals surface area contributed by atoms with E-state index in [1.54, 1.807) is 31.2 Å². The highest BCUT2D eigenvalue weighted by atomic mass is 19.1. The van der Waals surface area contributed by atoms with Crippen LogP contribution in [0.25, 0.3) is 11.3 Å². The van der Waals surface area contributed by atoms with E-state index in [1.165, 1.54) is 19.2 Å². The number of urea groups is 1. The Bertz CT molecular complexity index is 872. The van der Waals surface area contributed by atoms with E-state index in [0.29, 0.717) is 22.8 Å². The van der Waals surface area contributed by atoms with E-state index in [1.807, 2.05) is 0 Å². The number of hydrogen-bond acceptors (Lipinski definition) is 5. The van der Waals surface area contributed by atoms with Crippen LogP contribution in [0.5, 0.6) is 0 Å². The van der Waals surface area contributed by atoms with Gasteiger partial charge in [-0.05, 0) is 43.3 Å². The number of nitrogens with one attached hydrogen (secondary N) is 2. The van der Waals surface area contributed by atoms with Crippen LogP contribution in [0.2, 0.25) is 0 Å². The molecule has 2 heterocycles. The number of carbonyl (C=O) groups excluding carboxylic acids is 2. The van der Waals surface area contributed by atoms with Crippen LogP contribution in [0.4, 0.5) is 9.18 Å². The van der Waals surface area contributed by atoms with Crippen LogP contribution in [0, 0.1) is 5.82 Å². The number of esters is 1. The van der Waals surface area contributed by atoms with Crippen molar-refractivity contribution < 1.29 is 27.9 Å². The van der Waals surface area contributed by atoms with E-state index >= 15 is 0 Å². The summed E-state index contributed by atoms with van der Waals surface area (Å²) >= 11 is 0. The summed E-state index contributed by atoms with van der Waals surface area (Å²) in [7, 11) is 1.50. The molecule has 0 spiro atoms. The maximum atomic E-state index is 13.1. The largest absolute Gasteiger partial charge is 0.460 e.